The number of rotatable bonds is 3. The van der Waals surface area contributed by atoms with Crippen LogP contribution in [-0.4, -0.2) is 60.6 Å². The second-order valence-corrected chi connectivity index (χ2v) is 8.16. The summed E-state index contributed by atoms with van der Waals surface area (Å²) >= 11 is 0. The minimum atomic E-state index is -2.91. The zero-order valence-corrected chi connectivity index (χ0v) is 12.0. The number of sulfone groups is 1. The molecule has 19 heavy (non-hydrogen) atoms. The molecule has 0 spiro atoms. The highest BCUT2D eigenvalue weighted by Gasteiger charge is 2.42. The second kappa shape index (κ2) is 5.03. The average Bonchev–Trinajstić information content (AvgIpc) is 2.68. The lowest BCUT2D eigenvalue weighted by atomic mass is 9.79. The average molecular weight is 290 g/mol. The topological polar surface area (TPSA) is 101 Å². The van der Waals surface area contributed by atoms with E-state index in [2.05, 4.69) is 0 Å². The number of nitrogens with zero attached hydrogens (tertiary/aromatic N) is 1. The molecule has 2 rings (SSSR count). The molecular weight excluding hydrogens is 268 g/mol. The summed E-state index contributed by atoms with van der Waals surface area (Å²) in [5.41, 5.74) is 4.78. The number of carboxylic acid groups (broad SMARTS) is 1. The Morgan fingerprint density at radius 3 is 2.58 bits per heavy atom. The molecule has 1 aliphatic heterocycles. The van der Waals surface area contributed by atoms with Crippen molar-refractivity contribution in [2.75, 3.05) is 18.6 Å². The molecule has 6 nitrogen and oxygen atoms in total. The molecule has 0 aromatic rings. The molecular formula is C12H22N2O4S. The van der Waals surface area contributed by atoms with Gasteiger partial charge in [0.25, 0.3) is 0 Å². The van der Waals surface area contributed by atoms with Crippen molar-refractivity contribution >= 4 is 15.8 Å². The van der Waals surface area contributed by atoms with E-state index in [0.29, 0.717) is 19.3 Å². The minimum Gasteiger partial charge on any atom is -0.480 e. The van der Waals surface area contributed by atoms with Crippen LogP contribution in [0.2, 0.25) is 0 Å². The van der Waals surface area contributed by atoms with Crippen molar-refractivity contribution in [3.63, 3.8) is 0 Å². The fourth-order valence-corrected chi connectivity index (χ4v) is 5.00. The van der Waals surface area contributed by atoms with E-state index in [1.54, 1.807) is 0 Å². The molecule has 0 bridgehead atoms. The van der Waals surface area contributed by atoms with Crippen molar-refractivity contribution in [2.45, 2.75) is 49.7 Å². The quantitative estimate of drug-likeness (QED) is 0.748. The maximum absolute atomic E-state index is 11.5. The third-order valence-corrected chi connectivity index (χ3v) is 6.30. The Morgan fingerprint density at radius 2 is 2.05 bits per heavy atom. The van der Waals surface area contributed by atoms with E-state index in [1.165, 1.54) is 0 Å². The Hall–Kier alpha value is -0.660. The summed E-state index contributed by atoms with van der Waals surface area (Å²) in [6.45, 7) is 0. The molecule has 1 saturated heterocycles. The van der Waals surface area contributed by atoms with Gasteiger partial charge in [-0.15, -0.1) is 0 Å². The normalized spacial score (nSPS) is 38.5. The lowest BCUT2D eigenvalue weighted by Crippen LogP contribution is -2.56. The zero-order chi connectivity index (χ0) is 14.3. The molecule has 3 N–H and O–H groups in total. The highest BCUT2D eigenvalue weighted by Crippen LogP contribution is 2.31. The van der Waals surface area contributed by atoms with Gasteiger partial charge < -0.3 is 10.8 Å². The first-order chi connectivity index (χ1) is 8.73. The van der Waals surface area contributed by atoms with E-state index in [4.69, 9.17) is 5.73 Å². The Morgan fingerprint density at radius 1 is 1.37 bits per heavy atom. The molecule has 0 aromatic heterocycles. The highest BCUT2D eigenvalue weighted by molar-refractivity contribution is 7.91. The molecule has 0 aromatic carbocycles. The number of nitrogens with two attached hydrogens (primary N) is 1. The van der Waals surface area contributed by atoms with Crippen molar-refractivity contribution in [3.8, 4) is 0 Å². The molecule has 3 atom stereocenters. The van der Waals surface area contributed by atoms with Gasteiger partial charge in [0.05, 0.1) is 11.5 Å². The summed E-state index contributed by atoms with van der Waals surface area (Å²) in [7, 11) is -1.02. The van der Waals surface area contributed by atoms with Crippen molar-refractivity contribution in [3.05, 3.63) is 0 Å². The summed E-state index contributed by atoms with van der Waals surface area (Å²) in [5.74, 6) is -0.531. The summed E-state index contributed by atoms with van der Waals surface area (Å²) < 4.78 is 23.0. The molecule has 2 aliphatic rings. The van der Waals surface area contributed by atoms with Crippen LogP contribution in [0.15, 0.2) is 0 Å². The standard InChI is InChI=1S/C12H22N2O4S/c1-14(10-4-6-19(17,18)8-10)9-3-2-5-12(13,7-9)11(15)16/h9-10H,2-8,13H2,1H3,(H,15,16). The van der Waals surface area contributed by atoms with Crippen molar-refractivity contribution < 1.29 is 18.3 Å². The number of carbonyl (C=O) groups is 1. The van der Waals surface area contributed by atoms with Crippen LogP contribution in [0, 0.1) is 0 Å². The summed E-state index contributed by atoms with van der Waals surface area (Å²) in [6, 6.07) is 0.0688. The van der Waals surface area contributed by atoms with Gasteiger partial charge in [0.2, 0.25) is 0 Å². The van der Waals surface area contributed by atoms with E-state index in [9.17, 15) is 18.3 Å². The molecule has 2 fully saturated rings. The van der Waals surface area contributed by atoms with Gasteiger partial charge in [-0.05, 0) is 39.2 Å². The summed E-state index contributed by atoms with van der Waals surface area (Å²) in [5, 5.41) is 9.21. The lowest BCUT2D eigenvalue weighted by molar-refractivity contribution is -0.145. The highest BCUT2D eigenvalue weighted by atomic mass is 32.2. The number of carboxylic acids is 1. The van der Waals surface area contributed by atoms with E-state index in [0.717, 1.165) is 12.8 Å². The Kier molecular flexibility index (Phi) is 3.90. The Bertz CT molecular complexity index is 464. The van der Waals surface area contributed by atoms with E-state index in [-0.39, 0.29) is 23.6 Å². The van der Waals surface area contributed by atoms with Gasteiger partial charge in [0.15, 0.2) is 9.84 Å². The SMILES string of the molecule is CN(C1CCCC(N)(C(=O)O)C1)C1CCS(=O)(=O)C1. The molecule has 7 heteroatoms. The van der Waals surface area contributed by atoms with Crippen LogP contribution in [0.4, 0.5) is 0 Å². The fourth-order valence-electron chi connectivity index (χ4n) is 3.21. The third kappa shape index (κ3) is 3.09. The fraction of sp³-hybridized carbons (Fsp3) is 0.917. The molecule has 1 heterocycles. The predicted octanol–water partition coefficient (Wildman–Crippen LogP) is -0.170. The van der Waals surface area contributed by atoms with Crippen LogP contribution in [0.25, 0.3) is 0 Å². The van der Waals surface area contributed by atoms with Gasteiger partial charge >= 0.3 is 5.97 Å². The number of hydrogen-bond acceptors (Lipinski definition) is 5. The van der Waals surface area contributed by atoms with Gasteiger partial charge in [0.1, 0.15) is 5.54 Å². The largest absolute Gasteiger partial charge is 0.480 e. The second-order valence-electron chi connectivity index (χ2n) is 5.93. The third-order valence-electron chi connectivity index (χ3n) is 4.55. The Balaban J connectivity index is 2.04. The lowest BCUT2D eigenvalue weighted by Gasteiger charge is -2.41. The smallest absolute Gasteiger partial charge is 0.323 e. The maximum atomic E-state index is 11.5. The number of hydrogen-bond donors (Lipinski definition) is 2. The van der Waals surface area contributed by atoms with Gasteiger partial charge in [0, 0.05) is 12.1 Å². The molecule has 110 valence electrons. The van der Waals surface area contributed by atoms with Crippen LogP contribution in [-0.2, 0) is 14.6 Å². The van der Waals surface area contributed by atoms with Crippen LogP contribution < -0.4 is 5.73 Å². The monoisotopic (exact) mass is 290 g/mol. The summed E-state index contributed by atoms with van der Waals surface area (Å²) in [4.78, 5) is 13.3. The molecule has 0 radical (unpaired) electrons. The molecule has 3 unspecified atom stereocenters. The first-order valence-corrected chi connectivity index (χ1v) is 8.50. The molecule has 1 saturated carbocycles. The van der Waals surface area contributed by atoms with Crippen LogP contribution in [0.3, 0.4) is 0 Å². The molecule has 1 aliphatic carbocycles. The predicted molar refractivity (Wildman–Crippen MR) is 71.6 cm³/mol. The van der Waals surface area contributed by atoms with Crippen molar-refractivity contribution in [1.82, 2.24) is 4.90 Å². The van der Waals surface area contributed by atoms with Crippen LogP contribution >= 0.6 is 0 Å². The van der Waals surface area contributed by atoms with E-state index >= 15 is 0 Å². The molecule has 0 amide bonds. The minimum absolute atomic E-state index is 0.00569. The zero-order valence-electron chi connectivity index (χ0n) is 11.2. The van der Waals surface area contributed by atoms with Gasteiger partial charge in [-0.1, -0.05) is 0 Å². The first kappa shape index (κ1) is 14.7. The van der Waals surface area contributed by atoms with Gasteiger partial charge in [-0.25, -0.2) is 8.42 Å². The number of aliphatic carboxylic acids is 1. The van der Waals surface area contributed by atoms with Crippen LogP contribution in [0.5, 0.6) is 0 Å². The first-order valence-electron chi connectivity index (χ1n) is 6.68. The summed E-state index contributed by atoms with van der Waals surface area (Å²) in [6.07, 6.45) is 3.20. The van der Waals surface area contributed by atoms with Gasteiger partial charge in [-0.2, -0.15) is 0 Å². The van der Waals surface area contributed by atoms with Crippen LogP contribution in [0.1, 0.15) is 32.1 Å². The van der Waals surface area contributed by atoms with Crippen molar-refractivity contribution in [2.24, 2.45) is 5.73 Å². The van der Waals surface area contributed by atoms with Crippen molar-refractivity contribution in [1.29, 1.82) is 0 Å². The van der Waals surface area contributed by atoms with Gasteiger partial charge in [-0.3, -0.25) is 9.69 Å². The maximum Gasteiger partial charge on any atom is 0.323 e. The Labute approximate surface area is 113 Å². The van der Waals surface area contributed by atoms with E-state index < -0.39 is 21.3 Å². The van der Waals surface area contributed by atoms with E-state index in [1.807, 2.05) is 11.9 Å².